The van der Waals surface area contributed by atoms with Gasteiger partial charge < -0.3 is 5.43 Å². The summed E-state index contributed by atoms with van der Waals surface area (Å²) in [5.74, 6) is 0. The molecule has 0 fully saturated rings. The van der Waals surface area contributed by atoms with E-state index in [9.17, 15) is 0 Å². The van der Waals surface area contributed by atoms with Gasteiger partial charge in [-0.05, 0) is 0 Å². The molecule has 0 aliphatic heterocycles. The smallest absolute Gasteiger partial charge is 0.0593 e. The predicted octanol–water partition coefficient (Wildman–Crippen LogP) is -0.0753. The minimum Gasteiger partial charge on any atom is -0.321 e. The zero-order chi connectivity index (χ0) is 6.41. The zero-order valence-electron chi connectivity index (χ0n) is 5.23. The van der Waals surface area contributed by atoms with Crippen LogP contribution in [0.3, 0.4) is 0 Å². The highest BCUT2D eigenvalue weighted by molar-refractivity contribution is 5.76. The number of aliphatic imine (C=N–C) groups is 1. The Labute approximate surface area is 49.5 Å². The molecule has 3 heteroatoms. The lowest BCUT2D eigenvalue weighted by Crippen LogP contribution is -2.26. The molecular formula is C5H11N3. The first-order chi connectivity index (χ1) is 3.81. The fourth-order valence-electron chi connectivity index (χ4n) is 0.349. The molecule has 46 valence electrons. The molecule has 8 heavy (non-hydrogen) atoms. The lowest BCUT2D eigenvalue weighted by molar-refractivity contribution is 0.716. The van der Waals surface area contributed by atoms with Gasteiger partial charge >= 0.3 is 0 Å². The third-order valence-corrected chi connectivity index (χ3v) is 0.570. The van der Waals surface area contributed by atoms with Crippen molar-refractivity contribution in [1.29, 1.82) is 0 Å². The summed E-state index contributed by atoms with van der Waals surface area (Å²) >= 11 is 0. The van der Waals surface area contributed by atoms with Crippen molar-refractivity contribution in [1.82, 2.24) is 10.9 Å². The van der Waals surface area contributed by atoms with E-state index >= 15 is 0 Å². The molecule has 0 spiro atoms. The van der Waals surface area contributed by atoms with E-state index in [1.165, 1.54) is 0 Å². The van der Waals surface area contributed by atoms with E-state index in [0.29, 0.717) is 0 Å². The second kappa shape index (κ2) is 4.33. The quantitative estimate of drug-likeness (QED) is 0.397. The van der Waals surface area contributed by atoms with Crippen molar-refractivity contribution in [2.24, 2.45) is 4.99 Å². The van der Waals surface area contributed by atoms with E-state index in [0.717, 1.165) is 5.70 Å². The first kappa shape index (κ1) is 7.17. The van der Waals surface area contributed by atoms with Gasteiger partial charge in [-0.1, -0.05) is 6.58 Å². The van der Waals surface area contributed by atoms with Crippen LogP contribution >= 0.6 is 0 Å². The first-order valence-corrected chi connectivity index (χ1v) is 2.35. The van der Waals surface area contributed by atoms with Crippen LogP contribution in [0, 0.1) is 0 Å². The van der Waals surface area contributed by atoms with E-state index in [-0.39, 0.29) is 0 Å². The summed E-state index contributed by atoms with van der Waals surface area (Å²) in [5, 5.41) is 0. The monoisotopic (exact) mass is 113 g/mol. The highest BCUT2D eigenvalue weighted by Crippen LogP contribution is 1.70. The number of rotatable bonds is 3. The molecule has 0 unspecified atom stereocenters. The minimum atomic E-state index is 0.759. The Morgan fingerprint density at radius 3 is 2.75 bits per heavy atom. The summed E-state index contributed by atoms with van der Waals surface area (Å²) in [4.78, 5) is 3.73. The van der Waals surface area contributed by atoms with Crippen molar-refractivity contribution < 1.29 is 0 Å². The normalized spacial score (nSPS) is 9.75. The Bertz CT molecular complexity index is 95.8. The second-order valence-corrected chi connectivity index (χ2v) is 1.29. The maximum absolute atomic E-state index is 3.73. The molecule has 0 rings (SSSR count). The standard InChI is InChI=1S/C5H11N3/c1-5(4-6-2)8-7-3/h4,7-8H,1H2,2-3H3. The van der Waals surface area contributed by atoms with Crippen molar-refractivity contribution in [2.75, 3.05) is 14.1 Å². The molecule has 0 saturated carbocycles. The van der Waals surface area contributed by atoms with E-state index in [4.69, 9.17) is 0 Å². The van der Waals surface area contributed by atoms with Crippen molar-refractivity contribution in [3.63, 3.8) is 0 Å². The molecule has 0 aromatic carbocycles. The second-order valence-electron chi connectivity index (χ2n) is 1.29. The van der Waals surface area contributed by atoms with E-state index in [1.54, 1.807) is 20.3 Å². The maximum Gasteiger partial charge on any atom is 0.0593 e. The molecule has 0 amide bonds. The number of hydrogen-bond acceptors (Lipinski definition) is 3. The van der Waals surface area contributed by atoms with Crippen LogP contribution in [0.1, 0.15) is 0 Å². The van der Waals surface area contributed by atoms with Gasteiger partial charge in [0.2, 0.25) is 0 Å². The molecular weight excluding hydrogens is 102 g/mol. The topological polar surface area (TPSA) is 36.4 Å². The number of allylic oxidation sites excluding steroid dienone is 1. The average molecular weight is 113 g/mol. The molecule has 0 bridgehead atoms. The SMILES string of the molecule is C=C(C=NC)NNC. The summed E-state index contributed by atoms with van der Waals surface area (Å²) in [6, 6.07) is 0. The Balaban J connectivity index is 3.33. The molecule has 0 aliphatic rings. The van der Waals surface area contributed by atoms with Crippen molar-refractivity contribution in [2.45, 2.75) is 0 Å². The van der Waals surface area contributed by atoms with Crippen LogP contribution in [0.4, 0.5) is 0 Å². The first-order valence-electron chi connectivity index (χ1n) is 2.35. The van der Waals surface area contributed by atoms with Crippen molar-refractivity contribution in [3.05, 3.63) is 12.3 Å². The third kappa shape index (κ3) is 3.36. The van der Waals surface area contributed by atoms with E-state index in [1.807, 2.05) is 0 Å². The fraction of sp³-hybridized carbons (Fsp3) is 0.400. The van der Waals surface area contributed by atoms with Crippen LogP contribution in [0.2, 0.25) is 0 Å². The number of hydrazine groups is 1. The van der Waals surface area contributed by atoms with Crippen LogP contribution in [0.25, 0.3) is 0 Å². The Morgan fingerprint density at radius 1 is 1.75 bits per heavy atom. The molecule has 3 nitrogen and oxygen atoms in total. The largest absolute Gasteiger partial charge is 0.321 e. The summed E-state index contributed by atoms with van der Waals surface area (Å²) in [7, 11) is 3.47. The Morgan fingerprint density at radius 2 is 2.38 bits per heavy atom. The van der Waals surface area contributed by atoms with Gasteiger partial charge in [-0.15, -0.1) is 0 Å². The molecule has 0 aliphatic carbocycles. The molecule has 0 radical (unpaired) electrons. The highest BCUT2D eigenvalue weighted by Gasteiger charge is 1.77. The molecule has 0 aromatic rings. The van der Waals surface area contributed by atoms with Gasteiger partial charge in [0.05, 0.1) is 5.70 Å². The minimum absolute atomic E-state index is 0.759. The van der Waals surface area contributed by atoms with Crippen molar-refractivity contribution >= 4 is 6.21 Å². The van der Waals surface area contributed by atoms with Crippen LogP contribution in [0.15, 0.2) is 17.3 Å². The lowest BCUT2D eigenvalue weighted by Gasteiger charge is -1.98. The third-order valence-electron chi connectivity index (χ3n) is 0.570. The molecule has 2 N–H and O–H groups in total. The van der Waals surface area contributed by atoms with Gasteiger partial charge in [0.1, 0.15) is 0 Å². The van der Waals surface area contributed by atoms with Gasteiger partial charge in [0.15, 0.2) is 0 Å². The number of nitrogens with zero attached hydrogens (tertiary/aromatic N) is 1. The lowest BCUT2D eigenvalue weighted by atomic mass is 10.6. The van der Waals surface area contributed by atoms with Crippen LogP contribution in [-0.2, 0) is 0 Å². The van der Waals surface area contributed by atoms with Crippen LogP contribution in [0.5, 0.6) is 0 Å². The fourth-order valence-corrected chi connectivity index (χ4v) is 0.349. The maximum atomic E-state index is 3.73. The summed E-state index contributed by atoms with van der Waals surface area (Å²) in [6.45, 7) is 3.61. The van der Waals surface area contributed by atoms with Crippen LogP contribution < -0.4 is 10.9 Å². The van der Waals surface area contributed by atoms with E-state index < -0.39 is 0 Å². The summed E-state index contributed by atoms with van der Waals surface area (Å²) < 4.78 is 0. The zero-order valence-corrected chi connectivity index (χ0v) is 5.23. The van der Waals surface area contributed by atoms with Crippen LogP contribution in [-0.4, -0.2) is 20.3 Å². The van der Waals surface area contributed by atoms with E-state index in [2.05, 4.69) is 22.4 Å². The van der Waals surface area contributed by atoms with Gasteiger partial charge in [-0.2, -0.15) is 0 Å². The van der Waals surface area contributed by atoms with Gasteiger partial charge in [-0.25, -0.2) is 5.43 Å². The predicted molar refractivity (Wildman–Crippen MR) is 35.8 cm³/mol. The number of hydrogen-bond donors (Lipinski definition) is 2. The Hall–Kier alpha value is -0.830. The van der Waals surface area contributed by atoms with Gasteiger partial charge in [0.25, 0.3) is 0 Å². The Kier molecular flexibility index (Phi) is 3.88. The van der Waals surface area contributed by atoms with Gasteiger partial charge in [-0.3, -0.25) is 4.99 Å². The summed E-state index contributed by atoms with van der Waals surface area (Å²) in [5.41, 5.74) is 6.22. The molecule has 0 heterocycles. The van der Waals surface area contributed by atoms with Crippen molar-refractivity contribution in [3.8, 4) is 0 Å². The molecule has 0 atom stereocenters. The molecule has 0 saturated heterocycles. The average Bonchev–Trinajstić information content (AvgIpc) is 1.68. The number of nitrogens with one attached hydrogen (secondary N) is 2. The van der Waals surface area contributed by atoms with Gasteiger partial charge in [0, 0.05) is 20.3 Å². The summed E-state index contributed by atoms with van der Waals surface area (Å²) in [6.07, 6.45) is 1.64. The highest BCUT2D eigenvalue weighted by atomic mass is 15.3. The molecule has 0 aromatic heterocycles.